The van der Waals surface area contributed by atoms with Crippen molar-refractivity contribution in [2.75, 3.05) is 5.32 Å². The summed E-state index contributed by atoms with van der Waals surface area (Å²) in [6.45, 7) is 2.22. The predicted octanol–water partition coefficient (Wildman–Crippen LogP) is 2.62. The van der Waals surface area contributed by atoms with Crippen molar-refractivity contribution in [3.05, 3.63) is 40.0 Å². The Hall–Kier alpha value is -1.87. The van der Waals surface area contributed by atoms with Crippen LogP contribution >= 0.6 is 15.9 Å². The lowest BCUT2D eigenvalue weighted by Gasteiger charge is -2.05. The van der Waals surface area contributed by atoms with E-state index in [1.54, 1.807) is 19.1 Å². The molecule has 2 rings (SSSR count). The molecule has 0 amide bonds. The number of halogens is 1. The second-order valence-electron chi connectivity index (χ2n) is 3.40. The summed E-state index contributed by atoms with van der Waals surface area (Å²) in [5, 5.41) is 15.6. The van der Waals surface area contributed by atoms with Gasteiger partial charge in [-0.2, -0.15) is 10.2 Å². The highest BCUT2D eigenvalue weighted by molar-refractivity contribution is 9.10. The SMILES string of the molecule is Cc1noc(CNc2ccc(C#N)cc2Br)n1. The van der Waals surface area contributed by atoms with Gasteiger partial charge >= 0.3 is 0 Å². The maximum Gasteiger partial charge on any atom is 0.245 e. The van der Waals surface area contributed by atoms with Gasteiger partial charge in [-0.25, -0.2) is 0 Å². The molecule has 0 aliphatic rings. The Bertz CT molecular complexity index is 573. The van der Waals surface area contributed by atoms with Crippen molar-refractivity contribution in [1.29, 1.82) is 5.26 Å². The number of hydrogen-bond acceptors (Lipinski definition) is 5. The molecule has 0 saturated heterocycles. The molecule has 0 fully saturated rings. The van der Waals surface area contributed by atoms with E-state index < -0.39 is 0 Å². The lowest BCUT2D eigenvalue weighted by Crippen LogP contribution is -2.00. The van der Waals surface area contributed by atoms with E-state index in [0.29, 0.717) is 23.8 Å². The molecule has 0 radical (unpaired) electrons. The molecule has 1 heterocycles. The van der Waals surface area contributed by atoms with E-state index in [4.69, 9.17) is 9.78 Å². The summed E-state index contributed by atoms with van der Waals surface area (Å²) in [6, 6.07) is 7.39. The lowest BCUT2D eigenvalue weighted by molar-refractivity contribution is 0.379. The first-order chi connectivity index (χ1) is 8.19. The number of aromatic nitrogens is 2. The third-order valence-electron chi connectivity index (χ3n) is 2.10. The van der Waals surface area contributed by atoms with Gasteiger partial charge in [-0.1, -0.05) is 5.16 Å². The molecule has 1 N–H and O–H groups in total. The van der Waals surface area contributed by atoms with Crippen molar-refractivity contribution in [3.63, 3.8) is 0 Å². The first-order valence-electron chi connectivity index (χ1n) is 4.92. The van der Waals surface area contributed by atoms with Gasteiger partial charge in [0.05, 0.1) is 18.2 Å². The Morgan fingerprint density at radius 1 is 1.53 bits per heavy atom. The topological polar surface area (TPSA) is 74.7 Å². The lowest BCUT2D eigenvalue weighted by atomic mass is 10.2. The first kappa shape index (κ1) is 11.6. The first-order valence-corrected chi connectivity index (χ1v) is 5.71. The fourth-order valence-corrected chi connectivity index (χ4v) is 1.83. The van der Waals surface area contributed by atoms with Crippen LogP contribution in [0, 0.1) is 18.3 Å². The van der Waals surface area contributed by atoms with E-state index >= 15 is 0 Å². The van der Waals surface area contributed by atoms with Crippen LogP contribution in [0.15, 0.2) is 27.2 Å². The smallest absolute Gasteiger partial charge is 0.245 e. The fraction of sp³-hybridized carbons (Fsp3) is 0.182. The number of hydrogen-bond donors (Lipinski definition) is 1. The van der Waals surface area contributed by atoms with Crippen LogP contribution < -0.4 is 5.32 Å². The second kappa shape index (κ2) is 4.97. The zero-order valence-corrected chi connectivity index (χ0v) is 10.7. The Morgan fingerprint density at radius 3 is 2.94 bits per heavy atom. The highest BCUT2D eigenvalue weighted by atomic mass is 79.9. The van der Waals surface area contributed by atoms with Crippen molar-refractivity contribution in [2.45, 2.75) is 13.5 Å². The summed E-state index contributed by atoms with van der Waals surface area (Å²) in [7, 11) is 0. The van der Waals surface area contributed by atoms with Crippen LogP contribution in [0.5, 0.6) is 0 Å². The number of anilines is 1. The van der Waals surface area contributed by atoms with Gasteiger partial charge in [-0.15, -0.1) is 0 Å². The van der Waals surface area contributed by atoms with E-state index in [1.165, 1.54) is 0 Å². The van der Waals surface area contributed by atoms with E-state index in [-0.39, 0.29) is 0 Å². The average molecular weight is 293 g/mol. The molecule has 0 unspecified atom stereocenters. The molecule has 0 aliphatic carbocycles. The molecule has 86 valence electrons. The summed E-state index contributed by atoms with van der Waals surface area (Å²) in [4.78, 5) is 4.08. The van der Waals surface area contributed by atoms with Gasteiger partial charge in [0.15, 0.2) is 5.82 Å². The van der Waals surface area contributed by atoms with Crippen LogP contribution in [0.4, 0.5) is 5.69 Å². The van der Waals surface area contributed by atoms with Gasteiger partial charge in [0.25, 0.3) is 0 Å². The van der Waals surface area contributed by atoms with Crippen LogP contribution in [-0.4, -0.2) is 10.1 Å². The fourth-order valence-electron chi connectivity index (χ4n) is 1.31. The minimum atomic E-state index is 0.450. The third-order valence-corrected chi connectivity index (χ3v) is 2.75. The van der Waals surface area contributed by atoms with Crippen molar-refractivity contribution in [1.82, 2.24) is 10.1 Å². The Kier molecular flexibility index (Phi) is 3.40. The monoisotopic (exact) mass is 292 g/mol. The van der Waals surface area contributed by atoms with Gasteiger partial charge in [0.1, 0.15) is 0 Å². The summed E-state index contributed by atoms with van der Waals surface area (Å²) in [6.07, 6.45) is 0. The van der Waals surface area contributed by atoms with Gasteiger partial charge in [0.2, 0.25) is 5.89 Å². The molecule has 5 nitrogen and oxygen atoms in total. The average Bonchev–Trinajstić information content (AvgIpc) is 2.73. The Balaban J connectivity index is 2.07. The molecule has 0 atom stereocenters. The number of nitrogens with zero attached hydrogens (tertiary/aromatic N) is 3. The van der Waals surface area contributed by atoms with Crippen molar-refractivity contribution in [2.24, 2.45) is 0 Å². The highest BCUT2D eigenvalue weighted by Crippen LogP contribution is 2.23. The van der Waals surface area contributed by atoms with Crippen molar-refractivity contribution < 1.29 is 4.52 Å². The molecule has 6 heteroatoms. The number of rotatable bonds is 3. The molecule has 17 heavy (non-hydrogen) atoms. The Morgan fingerprint density at radius 2 is 2.35 bits per heavy atom. The second-order valence-corrected chi connectivity index (χ2v) is 4.25. The number of benzene rings is 1. The summed E-state index contributed by atoms with van der Waals surface area (Å²) in [5.74, 6) is 1.14. The van der Waals surface area contributed by atoms with E-state index in [1.807, 2.05) is 6.07 Å². The van der Waals surface area contributed by atoms with Crippen LogP contribution in [0.2, 0.25) is 0 Å². The van der Waals surface area contributed by atoms with Gasteiger partial charge < -0.3 is 9.84 Å². The van der Waals surface area contributed by atoms with E-state index in [9.17, 15) is 0 Å². The van der Waals surface area contributed by atoms with Crippen LogP contribution in [0.3, 0.4) is 0 Å². The van der Waals surface area contributed by atoms with E-state index in [0.717, 1.165) is 10.2 Å². The zero-order chi connectivity index (χ0) is 12.3. The van der Waals surface area contributed by atoms with E-state index in [2.05, 4.69) is 37.5 Å². The van der Waals surface area contributed by atoms with Crippen molar-refractivity contribution in [3.8, 4) is 6.07 Å². The quantitative estimate of drug-likeness (QED) is 0.941. The molecule has 0 aliphatic heterocycles. The number of nitrogens with one attached hydrogen (secondary N) is 1. The molecule has 0 bridgehead atoms. The maximum atomic E-state index is 8.74. The minimum absolute atomic E-state index is 0.450. The van der Waals surface area contributed by atoms with Gasteiger partial charge in [-0.05, 0) is 41.1 Å². The van der Waals surface area contributed by atoms with Gasteiger partial charge in [0, 0.05) is 10.2 Å². The largest absolute Gasteiger partial charge is 0.375 e. The third kappa shape index (κ3) is 2.82. The van der Waals surface area contributed by atoms with Gasteiger partial charge in [-0.3, -0.25) is 0 Å². The number of aryl methyl sites for hydroxylation is 1. The molecule has 1 aromatic carbocycles. The molecule has 0 saturated carbocycles. The zero-order valence-electron chi connectivity index (χ0n) is 9.07. The maximum absolute atomic E-state index is 8.74. The summed E-state index contributed by atoms with van der Waals surface area (Å²) in [5.41, 5.74) is 1.48. The minimum Gasteiger partial charge on any atom is -0.375 e. The molecule has 2 aromatic rings. The predicted molar refractivity (Wildman–Crippen MR) is 65.2 cm³/mol. The molecule has 1 aromatic heterocycles. The van der Waals surface area contributed by atoms with Crippen LogP contribution in [0.25, 0.3) is 0 Å². The van der Waals surface area contributed by atoms with Crippen LogP contribution in [0.1, 0.15) is 17.3 Å². The van der Waals surface area contributed by atoms with Crippen LogP contribution in [-0.2, 0) is 6.54 Å². The molecule has 0 spiro atoms. The number of nitriles is 1. The molecular formula is C11H9BrN4O. The highest BCUT2D eigenvalue weighted by Gasteiger charge is 2.04. The summed E-state index contributed by atoms with van der Waals surface area (Å²) < 4.78 is 5.81. The molecular weight excluding hydrogens is 284 g/mol. The summed E-state index contributed by atoms with van der Waals surface area (Å²) >= 11 is 3.39. The standard InChI is InChI=1S/C11H9BrN4O/c1-7-15-11(17-16-7)6-14-10-3-2-8(5-13)4-9(10)12/h2-4,14H,6H2,1H3. The van der Waals surface area contributed by atoms with Crippen molar-refractivity contribution >= 4 is 21.6 Å². The normalized spacial score (nSPS) is 9.94. The Labute approximate surface area is 107 Å².